The van der Waals surface area contributed by atoms with E-state index in [1.807, 2.05) is 36.4 Å². The van der Waals surface area contributed by atoms with Gasteiger partial charge in [0.25, 0.3) is 0 Å². The number of thiocarbonyl (C=S) groups is 1. The van der Waals surface area contributed by atoms with E-state index in [4.69, 9.17) is 18.0 Å². The number of anilines is 1. The largest absolute Gasteiger partial charge is 0.369 e. The highest BCUT2D eigenvalue weighted by molar-refractivity contribution is 7.80. The van der Waals surface area contributed by atoms with E-state index >= 15 is 0 Å². The third-order valence-corrected chi connectivity index (χ3v) is 4.38. The van der Waals surface area contributed by atoms with Gasteiger partial charge in [0.05, 0.1) is 0 Å². The minimum atomic E-state index is 0.385. The van der Waals surface area contributed by atoms with Crippen molar-refractivity contribution in [3.8, 4) is 0 Å². The molecule has 5 nitrogen and oxygen atoms in total. The molecule has 0 saturated carbocycles. The van der Waals surface area contributed by atoms with Crippen LogP contribution in [0.5, 0.6) is 0 Å². The van der Waals surface area contributed by atoms with E-state index < -0.39 is 0 Å². The van der Waals surface area contributed by atoms with Crippen LogP contribution in [0.15, 0.2) is 65.7 Å². The third-order valence-electron chi connectivity index (χ3n) is 4.19. The Morgan fingerprint density at radius 2 is 1.56 bits per heavy atom. The van der Waals surface area contributed by atoms with Crippen LogP contribution in [0.2, 0.25) is 0 Å². The van der Waals surface area contributed by atoms with Gasteiger partial charge in [-0.05, 0) is 29.9 Å². The predicted octanol–water partition coefficient (Wildman–Crippen LogP) is 2.52. The number of rotatable bonds is 3. The summed E-state index contributed by atoms with van der Waals surface area (Å²) in [5.74, 6) is 0.479. The van der Waals surface area contributed by atoms with Crippen LogP contribution in [0.1, 0.15) is 5.56 Å². The number of piperazine rings is 1. The van der Waals surface area contributed by atoms with Crippen LogP contribution in [0.4, 0.5) is 5.69 Å². The molecule has 0 atom stereocenters. The minimum Gasteiger partial charge on any atom is -0.369 e. The number of hydrogen-bond donors (Lipinski definition) is 2. The topological polar surface area (TPSA) is 56.9 Å². The molecule has 1 heterocycles. The maximum absolute atomic E-state index is 6.13. The molecule has 3 rings (SSSR count). The molecule has 1 fully saturated rings. The molecule has 25 heavy (non-hydrogen) atoms. The summed E-state index contributed by atoms with van der Waals surface area (Å²) in [6, 6.07) is 20.3. The number of benzene rings is 2. The maximum Gasteiger partial charge on any atom is 0.200 e. The summed E-state index contributed by atoms with van der Waals surface area (Å²) in [5, 5.41) is 3.46. The number of para-hydroxylation sites is 1. The Balaban J connectivity index is 1.49. The average molecular weight is 353 g/mol. The van der Waals surface area contributed by atoms with Gasteiger partial charge < -0.3 is 16.0 Å². The van der Waals surface area contributed by atoms with Crippen molar-refractivity contribution in [1.82, 2.24) is 9.80 Å². The van der Waals surface area contributed by atoms with E-state index in [9.17, 15) is 0 Å². The molecule has 3 N–H and O–H groups in total. The Morgan fingerprint density at radius 3 is 2.20 bits per heavy atom. The molecular weight excluding hydrogens is 330 g/mol. The first kappa shape index (κ1) is 17.4. The lowest BCUT2D eigenvalue weighted by atomic mass is 10.2. The second kappa shape index (κ2) is 8.60. The van der Waals surface area contributed by atoms with Crippen molar-refractivity contribution in [2.24, 2.45) is 10.7 Å². The van der Waals surface area contributed by atoms with Crippen LogP contribution < -0.4 is 11.1 Å². The summed E-state index contributed by atoms with van der Waals surface area (Å²) < 4.78 is 0. The van der Waals surface area contributed by atoms with Gasteiger partial charge in [0, 0.05) is 38.4 Å². The van der Waals surface area contributed by atoms with Crippen molar-refractivity contribution in [3.05, 3.63) is 66.2 Å². The molecule has 2 aromatic rings. The predicted molar refractivity (Wildman–Crippen MR) is 108 cm³/mol. The lowest BCUT2D eigenvalue weighted by Gasteiger charge is -2.35. The van der Waals surface area contributed by atoms with Crippen LogP contribution >= 0.6 is 12.2 Å². The highest BCUT2D eigenvalue weighted by Gasteiger charge is 2.18. The molecule has 0 bridgehead atoms. The van der Waals surface area contributed by atoms with Crippen molar-refractivity contribution < 1.29 is 0 Å². The van der Waals surface area contributed by atoms with Gasteiger partial charge in [0.1, 0.15) is 0 Å². The Labute approximate surface area is 154 Å². The second-order valence-corrected chi connectivity index (χ2v) is 6.40. The number of guanidine groups is 1. The van der Waals surface area contributed by atoms with Gasteiger partial charge in [-0.1, -0.05) is 48.5 Å². The van der Waals surface area contributed by atoms with Crippen molar-refractivity contribution >= 4 is 29.0 Å². The Morgan fingerprint density at radius 1 is 0.960 bits per heavy atom. The maximum atomic E-state index is 6.13. The van der Waals surface area contributed by atoms with Gasteiger partial charge >= 0.3 is 0 Å². The average Bonchev–Trinajstić information content (AvgIpc) is 2.64. The Kier molecular flexibility index (Phi) is 5.98. The SMILES string of the molecule is NC(=NC(=S)Nc1ccccc1)N1CCN(Cc2ccccc2)CC1. The highest BCUT2D eigenvalue weighted by atomic mass is 32.1. The third kappa shape index (κ3) is 5.27. The quantitative estimate of drug-likeness (QED) is 0.504. The summed E-state index contributed by atoms with van der Waals surface area (Å²) in [7, 11) is 0. The first-order valence-corrected chi connectivity index (χ1v) is 8.83. The van der Waals surface area contributed by atoms with Crippen molar-refractivity contribution in [2.75, 3.05) is 31.5 Å². The zero-order valence-electron chi connectivity index (χ0n) is 14.1. The van der Waals surface area contributed by atoms with Gasteiger partial charge in [0.2, 0.25) is 5.11 Å². The van der Waals surface area contributed by atoms with Crippen molar-refractivity contribution in [3.63, 3.8) is 0 Å². The molecule has 1 aliphatic heterocycles. The highest BCUT2D eigenvalue weighted by Crippen LogP contribution is 2.09. The van der Waals surface area contributed by atoms with E-state index in [0.717, 1.165) is 38.4 Å². The van der Waals surface area contributed by atoms with Crippen LogP contribution in [-0.4, -0.2) is 47.1 Å². The summed E-state index contributed by atoms with van der Waals surface area (Å²) in [6.07, 6.45) is 0. The molecule has 0 aliphatic carbocycles. The standard InChI is InChI=1S/C19H23N5S/c20-18(22-19(25)21-17-9-5-2-6-10-17)24-13-11-23(12-14-24)15-16-7-3-1-4-8-16/h1-10H,11-15H2,(H3,20,21,22,25). The summed E-state index contributed by atoms with van der Waals surface area (Å²) >= 11 is 5.28. The van der Waals surface area contributed by atoms with Gasteiger partial charge in [-0.2, -0.15) is 4.99 Å². The number of nitrogens with one attached hydrogen (secondary N) is 1. The molecule has 2 aromatic carbocycles. The fourth-order valence-electron chi connectivity index (χ4n) is 2.82. The summed E-state index contributed by atoms with van der Waals surface area (Å²) in [4.78, 5) is 8.84. The molecule has 0 spiro atoms. The van der Waals surface area contributed by atoms with E-state index in [0.29, 0.717) is 11.1 Å². The molecule has 130 valence electrons. The molecular formula is C19H23N5S. The van der Waals surface area contributed by atoms with E-state index in [-0.39, 0.29) is 0 Å². The summed E-state index contributed by atoms with van der Waals surface area (Å²) in [5.41, 5.74) is 8.38. The van der Waals surface area contributed by atoms with E-state index in [2.05, 4.69) is 44.4 Å². The summed E-state index contributed by atoms with van der Waals surface area (Å²) in [6.45, 7) is 4.61. The lowest BCUT2D eigenvalue weighted by Crippen LogP contribution is -2.51. The van der Waals surface area contributed by atoms with Crippen molar-refractivity contribution in [1.29, 1.82) is 0 Å². The lowest BCUT2D eigenvalue weighted by molar-refractivity contribution is 0.174. The number of nitrogens with zero attached hydrogens (tertiary/aromatic N) is 3. The van der Waals surface area contributed by atoms with Gasteiger partial charge in [-0.3, -0.25) is 4.90 Å². The molecule has 6 heteroatoms. The Hall–Kier alpha value is -2.44. The first-order valence-electron chi connectivity index (χ1n) is 8.42. The van der Waals surface area contributed by atoms with Gasteiger partial charge in [0.15, 0.2) is 5.96 Å². The van der Waals surface area contributed by atoms with Gasteiger partial charge in [-0.25, -0.2) is 0 Å². The fraction of sp³-hybridized carbons (Fsp3) is 0.263. The molecule has 0 aromatic heterocycles. The Bertz CT molecular complexity index is 709. The van der Waals surface area contributed by atoms with Gasteiger partial charge in [-0.15, -0.1) is 0 Å². The van der Waals surface area contributed by atoms with E-state index in [1.165, 1.54) is 5.56 Å². The molecule has 1 aliphatic rings. The van der Waals surface area contributed by atoms with Crippen LogP contribution in [0.25, 0.3) is 0 Å². The number of hydrogen-bond acceptors (Lipinski definition) is 2. The molecule has 0 radical (unpaired) electrons. The van der Waals surface area contributed by atoms with Crippen molar-refractivity contribution in [2.45, 2.75) is 6.54 Å². The minimum absolute atomic E-state index is 0.385. The van der Waals surface area contributed by atoms with Crippen LogP contribution in [0.3, 0.4) is 0 Å². The monoisotopic (exact) mass is 353 g/mol. The second-order valence-electron chi connectivity index (χ2n) is 6.01. The zero-order chi connectivity index (χ0) is 17.5. The molecule has 0 amide bonds. The van der Waals surface area contributed by atoms with Crippen LogP contribution in [-0.2, 0) is 6.54 Å². The van der Waals surface area contributed by atoms with E-state index in [1.54, 1.807) is 0 Å². The van der Waals surface area contributed by atoms with Crippen LogP contribution in [0, 0.1) is 0 Å². The zero-order valence-corrected chi connectivity index (χ0v) is 15.0. The molecule has 0 unspecified atom stereocenters. The smallest absolute Gasteiger partial charge is 0.200 e. The fourth-order valence-corrected chi connectivity index (χ4v) is 3.04. The number of aliphatic imine (C=N–C) groups is 1. The molecule has 1 saturated heterocycles. The number of nitrogens with two attached hydrogens (primary N) is 1. The normalized spacial score (nSPS) is 15.8. The first-order chi connectivity index (χ1) is 12.2.